The van der Waals surface area contributed by atoms with Crippen molar-refractivity contribution in [2.75, 3.05) is 10.6 Å². The maximum atomic E-state index is 11.5. The van der Waals surface area contributed by atoms with Crippen LogP contribution in [0.1, 0.15) is 28.5 Å². The van der Waals surface area contributed by atoms with Gasteiger partial charge in [0.25, 0.3) is 0 Å². The van der Waals surface area contributed by atoms with E-state index in [0.29, 0.717) is 22.9 Å². The van der Waals surface area contributed by atoms with Gasteiger partial charge in [0.15, 0.2) is 5.78 Å². The Morgan fingerprint density at radius 1 is 1.00 bits per heavy atom. The van der Waals surface area contributed by atoms with Gasteiger partial charge in [-0.1, -0.05) is 18.2 Å². The Hall–Kier alpha value is -3.72. The molecule has 0 aliphatic carbocycles. The topological polar surface area (TPSA) is 90.7 Å². The van der Waals surface area contributed by atoms with Crippen molar-refractivity contribution in [2.45, 2.75) is 13.8 Å². The molecule has 26 heavy (non-hydrogen) atoms. The van der Waals surface area contributed by atoms with Crippen molar-refractivity contribution in [3.8, 4) is 6.07 Å². The van der Waals surface area contributed by atoms with E-state index in [1.807, 2.05) is 25.1 Å². The number of carbonyl (C=O) groups excluding carboxylic acids is 1. The summed E-state index contributed by atoms with van der Waals surface area (Å²) in [6.07, 6.45) is 0. The predicted octanol–water partition coefficient (Wildman–Crippen LogP) is 4.35. The molecule has 3 aromatic rings. The molecule has 6 heteroatoms. The average molecular weight is 343 g/mol. The minimum Gasteiger partial charge on any atom is -0.340 e. The molecule has 0 radical (unpaired) electrons. The zero-order valence-corrected chi connectivity index (χ0v) is 14.4. The van der Waals surface area contributed by atoms with Crippen LogP contribution in [-0.2, 0) is 0 Å². The van der Waals surface area contributed by atoms with E-state index in [9.17, 15) is 4.79 Å². The molecular weight excluding hydrogens is 326 g/mol. The molecule has 0 fully saturated rings. The van der Waals surface area contributed by atoms with E-state index in [4.69, 9.17) is 5.26 Å². The number of Topliss-reactive ketones (excluding diaryl/α,β-unsaturated/α-hetero) is 1. The summed E-state index contributed by atoms with van der Waals surface area (Å²) in [7, 11) is 0. The third kappa shape index (κ3) is 4.22. The lowest BCUT2D eigenvalue weighted by Crippen LogP contribution is -2.03. The van der Waals surface area contributed by atoms with Crippen LogP contribution < -0.4 is 10.6 Å². The number of rotatable bonds is 5. The van der Waals surface area contributed by atoms with Crippen LogP contribution in [0, 0.1) is 18.3 Å². The lowest BCUT2D eigenvalue weighted by Gasteiger charge is -2.10. The lowest BCUT2D eigenvalue weighted by molar-refractivity contribution is 0.101. The molecule has 0 bridgehead atoms. The molecule has 0 atom stereocenters. The van der Waals surface area contributed by atoms with Crippen molar-refractivity contribution in [2.24, 2.45) is 0 Å². The summed E-state index contributed by atoms with van der Waals surface area (Å²) in [5.41, 5.74) is 3.48. The van der Waals surface area contributed by atoms with E-state index < -0.39 is 0 Å². The van der Waals surface area contributed by atoms with Gasteiger partial charge in [0.2, 0.25) is 5.95 Å². The van der Waals surface area contributed by atoms with Crippen LogP contribution in [0.15, 0.2) is 54.6 Å². The Labute approximate surface area is 151 Å². The summed E-state index contributed by atoms with van der Waals surface area (Å²) in [6.45, 7) is 3.40. The molecule has 1 heterocycles. The van der Waals surface area contributed by atoms with Gasteiger partial charge < -0.3 is 10.6 Å². The number of benzene rings is 2. The number of nitriles is 1. The monoisotopic (exact) mass is 343 g/mol. The van der Waals surface area contributed by atoms with Crippen molar-refractivity contribution in [1.29, 1.82) is 5.26 Å². The van der Waals surface area contributed by atoms with Crippen molar-refractivity contribution in [1.82, 2.24) is 9.97 Å². The minimum absolute atomic E-state index is 0.00135. The molecule has 0 aliphatic heterocycles. The first-order valence-corrected chi connectivity index (χ1v) is 8.04. The SMILES string of the molecule is CC(=O)c1cccc(Nc2nc(C)cc(Nc3cccc(C#N)c3)n2)c1. The fourth-order valence-electron chi connectivity index (χ4n) is 2.45. The molecule has 1 aromatic heterocycles. The van der Waals surface area contributed by atoms with E-state index in [0.717, 1.165) is 17.1 Å². The van der Waals surface area contributed by atoms with Gasteiger partial charge in [-0.15, -0.1) is 0 Å². The average Bonchev–Trinajstić information content (AvgIpc) is 2.61. The maximum Gasteiger partial charge on any atom is 0.229 e. The lowest BCUT2D eigenvalue weighted by atomic mass is 10.1. The van der Waals surface area contributed by atoms with Crippen LogP contribution in [0.25, 0.3) is 0 Å². The number of aryl methyl sites for hydroxylation is 1. The zero-order chi connectivity index (χ0) is 18.5. The Morgan fingerprint density at radius 3 is 2.46 bits per heavy atom. The van der Waals surface area contributed by atoms with Gasteiger partial charge in [-0.2, -0.15) is 10.2 Å². The molecule has 6 nitrogen and oxygen atoms in total. The van der Waals surface area contributed by atoms with E-state index in [-0.39, 0.29) is 5.78 Å². The molecule has 0 spiro atoms. The number of hydrogen-bond donors (Lipinski definition) is 2. The highest BCUT2D eigenvalue weighted by molar-refractivity contribution is 5.95. The number of carbonyl (C=O) groups is 1. The highest BCUT2D eigenvalue weighted by Gasteiger charge is 2.06. The van der Waals surface area contributed by atoms with Crippen LogP contribution in [0.3, 0.4) is 0 Å². The molecule has 3 rings (SSSR count). The summed E-state index contributed by atoms with van der Waals surface area (Å²) in [5.74, 6) is 1.03. The first-order valence-electron chi connectivity index (χ1n) is 8.04. The number of anilines is 4. The van der Waals surface area contributed by atoms with Crippen molar-refractivity contribution >= 4 is 28.9 Å². The summed E-state index contributed by atoms with van der Waals surface area (Å²) in [4.78, 5) is 20.4. The summed E-state index contributed by atoms with van der Waals surface area (Å²) < 4.78 is 0. The highest BCUT2D eigenvalue weighted by atomic mass is 16.1. The van der Waals surface area contributed by atoms with E-state index in [1.54, 1.807) is 36.4 Å². The third-order valence-electron chi connectivity index (χ3n) is 3.64. The number of nitrogens with zero attached hydrogens (tertiary/aromatic N) is 3. The minimum atomic E-state index is -0.00135. The van der Waals surface area contributed by atoms with Gasteiger partial charge >= 0.3 is 0 Å². The van der Waals surface area contributed by atoms with Crippen LogP contribution in [0.2, 0.25) is 0 Å². The van der Waals surface area contributed by atoms with Gasteiger partial charge in [-0.05, 0) is 44.2 Å². The fraction of sp³-hybridized carbons (Fsp3) is 0.100. The first-order chi connectivity index (χ1) is 12.5. The fourth-order valence-corrected chi connectivity index (χ4v) is 2.45. The Kier molecular flexibility index (Phi) is 4.90. The van der Waals surface area contributed by atoms with Gasteiger partial charge in [-0.3, -0.25) is 4.79 Å². The van der Waals surface area contributed by atoms with Crippen LogP contribution in [0.4, 0.5) is 23.1 Å². The summed E-state index contributed by atoms with van der Waals surface area (Å²) >= 11 is 0. The molecule has 2 aromatic carbocycles. The molecule has 128 valence electrons. The molecule has 0 saturated carbocycles. The second-order valence-electron chi connectivity index (χ2n) is 5.80. The smallest absolute Gasteiger partial charge is 0.229 e. The predicted molar refractivity (Wildman–Crippen MR) is 101 cm³/mol. The first kappa shape index (κ1) is 17.1. The molecule has 0 aliphatic rings. The quantitative estimate of drug-likeness (QED) is 0.669. The zero-order valence-electron chi connectivity index (χ0n) is 14.4. The summed E-state index contributed by atoms with van der Waals surface area (Å²) in [5, 5.41) is 15.3. The molecule has 0 amide bonds. The van der Waals surface area contributed by atoms with Gasteiger partial charge in [-0.25, -0.2) is 4.98 Å². The number of aromatic nitrogens is 2. The van der Waals surface area contributed by atoms with Crippen molar-refractivity contribution < 1.29 is 4.79 Å². The van der Waals surface area contributed by atoms with E-state index >= 15 is 0 Å². The van der Waals surface area contributed by atoms with Crippen molar-refractivity contribution in [3.63, 3.8) is 0 Å². The van der Waals surface area contributed by atoms with Crippen molar-refractivity contribution in [3.05, 3.63) is 71.4 Å². The Morgan fingerprint density at radius 2 is 1.73 bits per heavy atom. The molecule has 0 saturated heterocycles. The number of nitrogens with one attached hydrogen (secondary N) is 2. The number of hydrogen-bond acceptors (Lipinski definition) is 6. The van der Waals surface area contributed by atoms with E-state index in [2.05, 4.69) is 26.7 Å². The van der Waals surface area contributed by atoms with Gasteiger partial charge in [0, 0.05) is 28.7 Å². The molecule has 2 N–H and O–H groups in total. The normalized spacial score (nSPS) is 10.0. The number of ketones is 1. The molecular formula is C20H17N5O. The summed E-state index contributed by atoms with van der Waals surface area (Å²) in [6, 6.07) is 18.3. The Bertz CT molecular complexity index is 1010. The largest absolute Gasteiger partial charge is 0.340 e. The Balaban J connectivity index is 1.84. The highest BCUT2D eigenvalue weighted by Crippen LogP contribution is 2.20. The van der Waals surface area contributed by atoms with E-state index in [1.165, 1.54) is 6.92 Å². The van der Waals surface area contributed by atoms with Crippen LogP contribution in [-0.4, -0.2) is 15.8 Å². The molecule has 0 unspecified atom stereocenters. The van der Waals surface area contributed by atoms with Crippen LogP contribution in [0.5, 0.6) is 0 Å². The van der Waals surface area contributed by atoms with Gasteiger partial charge in [0.05, 0.1) is 11.6 Å². The van der Waals surface area contributed by atoms with Crippen LogP contribution >= 0.6 is 0 Å². The van der Waals surface area contributed by atoms with Gasteiger partial charge in [0.1, 0.15) is 5.82 Å². The second-order valence-corrected chi connectivity index (χ2v) is 5.80. The standard InChI is InChI=1S/C20H17N5O/c1-13-9-19(23-17-7-3-5-15(10-17)12-21)25-20(22-13)24-18-8-4-6-16(11-18)14(2)26/h3-11H,1-2H3,(H2,22,23,24,25). The third-order valence-corrected chi connectivity index (χ3v) is 3.64. The maximum absolute atomic E-state index is 11.5. The second kappa shape index (κ2) is 7.45.